The molecule has 0 aromatic rings. The van der Waals surface area contributed by atoms with Gasteiger partial charge in [-0.05, 0) is 20.0 Å². The molecule has 1 rings (SSSR count). The smallest absolute Gasteiger partial charge is 0.323 e. The van der Waals surface area contributed by atoms with Gasteiger partial charge < -0.3 is 19.8 Å². The SMILES string of the molecule is C=CCN(CC(=O)O)C(=O)N1CCCN(C)CC1. The van der Waals surface area contributed by atoms with Gasteiger partial charge in [-0.15, -0.1) is 6.58 Å². The highest BCUT2D eigenvalue weighted by Crippen LogP contribution is 2.05. The van der Waals surface area contributed by atoms with E-state index in [0.29, 0.717) is 13.1 Å². The van der Waals surface area contributed by atoms with Gasteiger partial charge in [0.25, 0.3) is 0 Å². The van der Waals surface area contributed by atoms with Crippen LogP contribution in [0.4, 0.5) is 4.79 Å². The Morgan fingerprint density at radius 3 is 2.67 bits per heavy atom. The molecule has 0 unspecified atom stereocenters. The number of hydrogen-bond donors (Lipinski definition) is 1. The molecule has 2 amide bonds. The molecule has 6 heteroatoms. The summed E-state index contributed by atoms with van der Waals surface area (Å²) >= 11 is 0. The summed E-state index contributed by atoms with van der Waals surface area (Å²) in [7, 11) is 2.02. The highest BCUT2D eigenvalue weighted by molar-refractivity contribution is 5.80. The normalized spacial score (nSPS) is 17.1. The molecular formula is C12H21N3O3. The van der Waals surface area contributed by atoms with Crippen molar-refractivity contribution in [2.75, 3.05) is 46.3 Å². The average molecular weight is 255 g/mol. The Labute approximate surface area is 107 Å². The minimum absolute atomic E-state index is 0.215. The summed E-state index contributed by atoms with van der Waals surface area (Å²) in [5.41, 5.74) is 0. The topological polar surface area (TPSA) is 64.1 Å². The molecule has 1 fully saturated rings. The summed E-state index contributed by atoms with van der Waals surface area (Å²) in [5, 5.41) is 8.80. The van der Waals surface area contributed by atoms with E-state index >= 15 is 0 Å². The Balaban J connectivity index is 2.63. The first-order chi connectivity index (χ1) is 8.54. The van der Waals surface area contributed by atoms with Crippen LogP contribution in [0, 0.1) is 0 Å². The lowest BCUT2D eigenvalue weighted by Gasteiger charge is -2.28. The van der Waals surface area contributed by atoms with E-state index in [1.165, 1.54) is 4.90 Å². The van der Waals surface area contributed by atoms with Gasteiger partial charge in [0.15, 0.2) is 0 Å². The number of amides is 2. The maximum atomic E-state index is 12.2. The van der Waals surface area contributed by atoms with Gasteiger partial charge in [-0.3, -0.25) is 4.79 Å². The molecule has 6 nitrogen and oxygen atoms in total. The predicted octanol–water partition coefficient (Wildman–Crippen LogP) is 0.317. The van der Waals surface area contributed by atoms with E-state index in [-0.39, 0.29) is 19.1 Å². The van der Waals surface area contributed by atoms with Crippen molar-refractivity contribution in [3.05, 3.63) is 12.7 Å². The lowest BCUT2D eigenvalue weighted by Crippen LogP contribution is -2.46. The largest absolute Gasteiger partial charge is 0.480 e. The molecule has 1 aliphatic heterocycles. The van der Waals surface area contributed by atoms with Crippen molar-refractivity contribution in [3.63, 3.8) is 0 Å². The van der Waals surface area contributed by atoms with Crippen LogP contribution in [0.25, 0.3) is 0 Å². The summed E-state index contributed by atoms with van der Waals surface area (Å²) in [5.74, 6) is -1.00. The molecule has 18 heavy (non-hydrogen) atoms. The third kappa shape index (κ3) is 4.37. The molecule has 0 aromatic heterocycles. The number of aliphatic carboxylic acids is 1. The van der Waals surface area contributed by atoms with Crippen molar-refractivity contribution in [2.45, 2.75) is 6.42 Å². The lowest BCUT2D eigenvalue weighted by atomic mass is 10.4. The lowest BCUT2D eigenvalue weighted by molar-refractivity contribution is -0.137. The van der Waals surface area contributed by atoms with Crippen LogP contribution in [0.1, 0.15) is 6.42 Å². The first-order valence-corrected chi connectivity index (χ1v) is 6.09. The molecule has 0 aliphatic carbocycles. The Morgan fingerprint density at radius 1 is 1.33 bits per heavy atom. The third-order valence-electron chi connectivity index (χ3n) is 2.94. The zero-order chi connectivity index (χ0) is 13.5. The summed E-state index contributed by atoms with van der Waals surface area (Å²) in [4.78, 5) is 28.1. The number of likely N-dealkylation sites (N-methyl/N-ethyl adjacent to an activating group) is 1. The van der Waals surface area contributed by atoms with Crippen molar-refractivity contribution >= 4 is 12.0 Å². The van der Waals surface area contributed by atoms with E-state index in [9.17, 15) is 9.59 Å². The fraction of sp³-hybridized carbons (Fsp3) is 0.667. The molecular weight excluding hydrogens is 234 g/mol. The minimum atomic E-state index is -1.00. The molecule has 1 N–H and O–H groups in total. The second kappa shape index (κ2) is 7.00. The monoisotopic (exact) mass is 255 g/mol. The molecule has 0 aromatic carbocycles. The molecule has 1 saturated heterocycles. The first kappa shape index (κ1) is 14.5. The maximum Gasteiger partial charge on any atom is 0.323 e. The van der Waals surface area contributed by atoms with Crippen LogP contribution in [0.3, 0.4) is 0 Å². The highest BCUT2D eigenvalue weighted by atomic mass is 16.4. The Kier molecular flexibility index (Phi) is 5.64. The van der Waals surface area contributed by atoms with Crippen LogP contribution in [0.15, 0.2) is 12.7 Å². The number of nitrogens with zero attached hydrogens (tertiary/aromatic N) is 3. The zero-order valence-corrected chi connectivity index (χ0v) is 10.8. The minimum Gasteiger partial charge on any atom is -0.480 e. The van der Waals surface area contributed by atoms with Crippen LogP contribution >= 0.6 is 0 Å². The maximum absolute atomic E-state index is 12.2. The average Bonchev–Trinajstić information content (AvgIpc) is 2.52. The van der Waals surface area contributed by atoms with Crippen molar-refractivity contribution < 1.29 is 14.7 Å². The molecule has 0 atom stereocenters. The van der Waals surface area contributed by atoms with E-state index in [0.717, 1.165) is 19.5 Å². The number of carboxylic acids is 1. The Bertz CT molecular complexity index is 320. The summed E-state index contributed by atoms with van der Waals surface area (Å²) in [6, 6.07) is -0.215. The van der Waals surface area contributed by atoms with Crippen LogP contribution in [0.2, 0.25) is 0 Å². The molecule has 0 spiro atoms. The van der Waals surface area contributed by atoms with Gasteiger partial charge in [0, 0.05) is 26.2 Å². The molecule has 1 heterocycles. The predicted molar refractivity (Wildman–Crippen MR) is 68.5 cm³/mol. The number of rotatable bonds is 4. The van der Waals surface area contributed by atoms with Crippen LogP contribution in [0.5, 0.6) is 0 Å². The van der Waals surface area contributed by atoms with Gasteiger partial charge in [0.05, 0.1) is 0 Å². The van der Waals surface area contributed by atoms with Crippen molar-refractivity contribution in [2.24, 2.45) is 0 Å². The first-order valence-electron chi connectivity index (χ1n) is 6.09. The van der Waals surface area contributed by atoms with Gasteiger partial charge in [0.1, 0.15) is 6.54 Å². The second-order valence-corrected chi connectivity index (χ2v) is 4.49. The van der Waals surface area contributed by atoms with Crippen LogP contribution in [-0.2, 0) is 4.79 Å². The van der Waals surface area contributed by atoms with E-state index < -0.39 is 5.97 Å². The summed E-state index contributed by atoms with van der Waals surface area (Å²) in [6.45, 7) is 6.63. The van der Waals surface area contributed by atoms with E-state index in [2.05, 4.69) is 11.5 Å². The van der Waals surface area contributed by atoms with Crippen LogP contribution < -0.4 is 0 Å². The molecule has 1 aliphatic rings. The molecule has 0 saturated carbocycles. The third-order valence-corrected chi connectivity index (χ3v) is 2.94. The van der Waals surface area contributed by atoms with E-state index in [1.807, 2.05) is 7.05 Å². The van der Waals surface area contributed by atoms with Gasteiger partial charge in [-0.1, -0.05) is 6.08 Å². The molecule has 102 valence electrons. The number of hydrogen-bond acceptors (Lipinski definition) is 3. The van der Waals surface area contributed by atoms with Crippen molar-refractivity contribution in [3.8, 4) is 0 Å². The fourth-order valence-corrected chi connectivity index (χ4v) is 1.97. The van der Waals surface area contributed by atoms with E-state index in [1.54, 1.807) is 11.0 Å². The standard InChI is InChI=1S/C12H21N3O3/c1-3-5-15(10-11(16)17)12(18)14-7-4-6-13(2)8-9-14/h3H,1,4-10H2,2H3,(H,16,17). The number of urea groups is 1. The van der Waals surface area contributed by atoms with Crippen LogP contribution in [-0.4, -0.2) is 78.1 Å². The Hall–Kier alpha value is -1.56. The number of carbonyl (C=O) groups excluding carboxylic acids is 1. The quantitative estimate of drug-likeness (QED) is 0.735. The van der Waals surface area contributed by atoms with Gasteiger partial charge >= 0.3 is 12.0 Å². The van der Waals surface area contributed by atoms with Crippen molar-refractivity contribution in [1.29, 1.82) is 0 Å². The second-order valence-electron chi connectivity index (χ2n) is 4.49. The van der Waals surface area contributed by atoms with Gasteiger partial charge in [0.2, 0.25) is 0 Å². The number of carbonyl (C=O) groups is 2. The highest BCUT2D eigenvalue weighted by Gasteiger charge is 2.23. The zero-order valence-electron chi connectivity index (χ0n) is 10.8. The van der Waals surface area contributed by atoms with Gasteiger partial charge in [-0.25, -0.2) is 4.79 Å². The van der Waals surface area contributed by atoms with Gasteiger partial charge in [-0.2, -0.15) is 0 Å². The summed E-state index contributed by atoms with van der Waals surface area (Å²) in [6.07, 6.45) is 2.46. The number of carboxylic acid groups (broad SMARTS) is 1. The van der Waals surface area contributed by atoms with E-state index in [4.69, 9.17) is 5.11 Å². The Morgan fingerprint density at radius 2 is 2.06 bits per heavy atom. The fourth-order valence-electron chi connectivity index (χ4n) is 1.97. The van der Waals surface area contributed by atoms with Crippen molar-refractivity contribution in [1.82, 2.24) is 14.7 Å². The molecule has 0 radical (unpaired) electrons. The summed E-state index contributed by atoms with van der Waals surface area (Å²) < 4.78 is 0. The molecule has 0 bridgehead atoms.